The molecule has 2 amide bonds. The molecule has 0 atom stereocenters. The lowest BCUT2D eigenvalue weighted by molar-refractivity contribution is -0.121. The Morgan fingerprint density at radius 2 is 2.07 bits per heavy atom. The second-order valence-corrected chi connectivity index (χ2v) is 6.84. The van der Waals surface area contributed by atoms with Crippen LogP contribution in [0, 0.1) is 12.8 Å². The minimum absolute atomic E-state index is 0.0391. The topological polar surface area (TPSA) is 93.3 Å². The molecule has 140 valence electrons. The number of hydrogen-bond acceptors (Lipinski definition) is 5. The summed E-state index contributed by atoms with van der Waals surface area (Å²) in [6, 6.07) is 5.26. The quantitative estimate of drug-likeness (QED) is 0.767. The molecule has 0 bridgehead atoms. The van der Waals surface area contributed by atoms with Crippen LogP contribution < -0.4 is 5.32 Å². The van der Waals surface area contributed by atoms with Crippen molar-refractivity contribution in [2.24, 2.45) is 13.0 Å². The van der Waals surface area contributed by atoms with Crippen LogP contribution in [0.1, 0.15) is 29.1 Å². The number of piperidine rings is 1. The van der Waals surface area contributed by atoms with Gasteiger partial charge in [-0.2, -0.15) is 5.10 Å². The van der Waals surface area contributed by atoms with Gasteiger partial charge < -0.3 is 14.6 Å². The molecule has 1 N–H and O–H groups in total. The van der Waals surface area contributed by atoms with Crippen LogP contribution in [0.4, 0.5) is 5.69 Å². The number of likely N-dealkylation sites (tertiary alicyclic amines) is 1. The van der Waals surface area contributed by atoms with Crippen LogP contribution in [-0.2, 0) is 11.8 Å². The molecule has 1 aliphatic rings. The van der Waals surface area contributed by atoms with Crippen LogP contribution in [0.2, 0.25) is 0 Å². The number of nitrogens with zero attached hydrogens (tertiary/aromatic N) is 4. The molecule has 4 rings (SSSR count). The highest BCUT2D eigenvalue weighted by molar-refractivity contribution is 5.95. The molecular weight excluding hydrogens is 346 g/mol. The molecule has 1 aliphatic heterocycles. The maximum absolute atomic E-state index is 12.6. The Balaban J connectivity index is 1.38. The second-order valence-electron chi connectivity index (χ2n) is 6.84. The number of anilines is 1. The van der Waals surface area contributed by atoms with Crippen molar-refractivity contribution in [1.29, 1.82) is 0 Å². The molecule has 0 aromatic carbocycles. The second kappa shape index (κ2) is 6.86. The van der Waals surface area contributed by atoms with E-state index in [1.54, 1.807) is 27.9 Å². The number of furan rings is 1. The fourth-order valence-electron chi connectivity index (χ4n) is 3.52. The maximum Gasteiger partial charge on any atom is 0.289 e. The van der Waals surface area contributed by atoms with Crippen molar-refractivity contribution in [3.05, 3.63) is 42.1 Å². The van der Waals surface area contributed by atoms with E-state index in [1.165, 1.54) is 6.26 Å². The molecule has 0 aliphatic carbocycles. The van der Waals surface area contributed by atoms with Gasteiger partial charge in [-0.15, -0.1) is 0 Å². The highest BCUT2D eigenvalue weighted by Crippen LogP contribution is 2.23. The van der Waals surface area contributed by atoms with Gasteiger partial charge in [-0.3, -0.25) is 14.3 Å². The first-order valence-corrected chi connectivity index (χ1v) is 8.96. The summed E-state index contributed by atoms with van der Waals surface area (Å²) in [5.41, 5.74) is 2.33. The molecule has 0 spiro atoms. The van der Waals surface area contributed by atoms with Gasteiger partial charge in [-0.1, -0.05) is 0 Å². The number of hydrogen-bond donors (Lipinski definition) is 1. The molecule has 4 heterocycles. The number of nitrogens with one attached hydrogen (secondary N) is 1. The number of fused-ring (bicyclic) bond motifs is 1. The van der Waals surface area contributed by atoms with Gasteiger partial charge in [0.15, 0.2) is 11.4 Å². The third-order valence-corrected chi connectivity index (χ3v) is 5.02. The van der Waals surface area contributed by atoms with Crippen LogP contribution in [0.15, 0.2) is 35.1 Å². The molecule has 0 radical (unpaired) electrons. The number of carbonyl (C=O) groups excluding carboxylic acids is 2. The lowest BCUT2D eigenvalue weighted by Gasteiger charge is -2.30. The average Bonchev–Trinajstić information content (AvgIpc) is 3.30. The van der Waals surface area contributed by atoms with Gasteiger partial charge >= 0.3 is 0 Å². The van der Waals surface area contributed by atoms with Crippen LogP contribution in [-0.4, -0.2) is 44.6 Å². The fraction of sp³-hybridized carbons (Fsp3) is 0.368. The van der Waals surface area contributed by atoms with Gasteiger partial charge in [0.25, 0.3) is 5.91 Å². The van der Waals surface area contributed by atoms with Crippen LogP contribution in [0.5, 0.6) is 0 Å². The van der Waals surface area contributed by atoms with Crippen LogP contribution >= 0.6 is 0 Å². The normalized spacial score (nSPS) is 15.3. The number of pyridine rings is 1. The zero-order chi connectivity index (χ0) is 19.0. The number of amides is 2. The molecule has 8 nitrogen and oxygen atoms in total. The summed E-state index contributed by atoms with van der Waals surface area (Å²) in [6.07, 6.45) is 4.39. The number of rotatable bonds is 3. The zero-order valence-electron chi connectivity index (χ0n) is 15.3. The SMILES string of the molecule is Cc1nn(C)c2ncc(NC(=O)C3CCN(C(=O)c4ccco4)CC3)cc12. The van der Waals surface area contributed by atoms with Crippen molar-refractivity contribution in [2.75, 3.05) is 18.4 Å². The number of aromatic nitrogens is 3. The Hall–Kier alpha value is -3.16. The third-order valence-electron chi connectivity index (χ3n) is 5.02. The van der Waals surface area contributed by atoms with Crippen molar-refractivity contribution in [3.8, 4) is 0 Å². The van der Waals surface area contributed by atoms with E-state index in [4.69, 9.17) is 4.42 Å². The van der Waals surface area contributed by atoms with Gasteiger partial charge in [0.2, 0.25) is 5.91 Å². The zero-order valence-corrected chi connectivity index (χ0v) is 15.3. The Morgan fingerprint density at radius 1 is 1.30 bits per heavy atom. The molecule has 1 saturated heterocycles. The van der Waals surface area contributed by atoms with E-state index in [9.17, 15) is 9.59 Å². The summed E-state index contributed by atoms with van der Waals surface area (Å²) >= 11 is 0. The molecular formula is C19H21N5O3. The van der Waals surface area contributed by atoms with Crippen molar-refractivity contribution in [2.45, 2.75) is 19.8 Å². The molecule has 3 aromatic heterocycles. The Labute approximate surface area is 156 Å². The first kappa shape index (κ1) is 17.3. The van der Waals surface area contributed by atoms with Gasteiger partial charge in [0.05, 0.1) is 23.8 Å². The van der Waals surface area contributed by atoms with Crippen LogP contribution in [0.25, 0.3) is 11.0 Å². The average molecular weight is 367 g/mol. The highest BCUT2D eigenvalue weighted by Gasteiger charge is 2.28. The van der Waals surface area contributed by atoms with Gasteiger partial charge in [0, 0.05) is 31.4 Å². The van der Waals surface area contributed by atoms with E-state index in [-0.39, 0.29) is 17.7 Å². The van der Waals surface area contributed by atoms with Crippen molar-refractivity contribution >= 4 is 28.5 Å². The van der Waals surface area contributed by atoms with E-state index in [0.717, 1.165) is 16.7 Å². The van der Waals surface area contributed by atoms with Crippen molar-refractivity contribution in [1.82, 2.24) is 19.7 Å². The van der Waals surface area contributed by atoms with Gasteiger partial charge in [-0.05, 0) is 38.0 Å². The molecule has 8 heteroatoms. The molecule has 3 aromatic rings. The smallest absolute Gasteiger partial charge is 0.289 e. The predicted molar refractivity (Wildman–Crippen MR) is 99.2 cm³/mol. The van der Waals surface area contributed by atoms with E-state index >= 15 is 0 Å². The van der Waals surface area contributed by atoms with Crippen molar-refractivity contribution < 1.29 is 14.0 Å². The molecule has 0 unspecified atom stereocenters. The van der Waals surface area contributed by atoms with E-state index in [1.807, 2.05) is 20.0 Å². The summed E-state index contributed by atoms with van der Waals surface area (Å²) < 4.78 is 6.89. The summed E-state index contributed by atoms with van der Waals surface area (Å²) in [4.78, 5) is 31.0. The lowest BCUT2D eigenvalue weighted by atomic mass is 9.95. The highest BCUT2D eigenvalue weighted by atomic mass is 16.3. The first-order chi connectivity index (χ1) is 13.0. The van der Waals surface area contributed by atoms with Gasteiger partial charge in [0.1, 0.15) is 0 Å². The predicted octanol–water partition coefficient (Wildman–Crippen LogP) is 2.36. The summed E-state index contributed by atoms with van der Waals surface area (Å²) in [5.74, 6) is 0.0452. The minimum atomic E-state index is -0.128. The Bertz CT molecular complexity index is 984. The third kappa shape index (κ3) is 3.30. The summed E-state index contributed by atoms with van der Waals surface area (Å²) in [5, 5.41) is 8.22. The van der Waals surface area contributed by atoms with E-state index in [0.29, 0.717) is 37.4 Å². The maximum atomic E-state index is 12.6. The monoisotopic (exact) mass is 367 g/mol. The molecule has 0 saturated carbocycles. The molecule has 27 heavy (non-hydrogen) atoms. The number of carbonyl (C=O) groups is 2. The lowest BCUT2D eigenvalue weighted by Crippen LogP contribution is -2.41. The Morgan fingerprint density at radius 3 is 2.78 bits per heavy atom. The fourth-order valence-corrected chi connectivity index (χ4v) is 3.52. The summed E-state index contributed by atoms with van der Waals surface area (Å²) in [7, 11) is 1.85. The van der Waals surface area contributed by atoms with Crippen LogP contribution in [0.3, 0.4) is 0 Å². The molecule has 1 fully saturated rings. The van der Waals surface area contributed by atoms with E-state index in [2.05, 4.69) is 15.4 Å². The minimum Gasteiger partial charge on any atom is -0.459 e. The van der Waals surface area contributed by atoms with E-state index < -0.39 is 0 Å². The first-order valence-electron chi connectivity index (χ1n) is 8.96. The number of aryl methyl sites for hydroxylation is 2. The van der Waals surface area contributed by atoms with Crippen molar-refractivity contribution in [3.63, 3.8) is 0 Å². The standard InChI is InChI=1S/C19H21N5O3/c1-12-15-10-14(11-20-17(15)23(2)22-12)21-18(25)13-5-7-24(8-6-13)19(26)16-4-3-9-27-16/h3-4,9-11,13H,5-8H2,1-2H3,(H,21,25). The Kier molecular flexibility index (Phi) is 4.39. The summed E-state index contributed by atoms with van der Waals surface area (Å²) in [6.45, 7) is 2.99. The van der Waals surface area contributed by atoms with Gasteiger partial charge in [-0.25, -0.2) is 4.98 Å². The largest absolute Gasteiger partial charge is 0.459 e.